The average Bonchev–Trinajstić information content (AvgIpc) is 2.58. The predicted molar refractivity (Wildman–Crippen MR) is 89.3 cm³/mol. The number of carboxylic acid groups (broad SMARTS) is 1. The highest BCUT2D eigenvalue weighted by atomic mass is 16.5. The van der Waals surface area contributed by atoms with E-state index >= 15 is 0 Å². The molecule has 0 aromatic heterocycles. The zero-order valence-corrected chi connectivity index (χ0v) is 13.3. The summed E-state index contributed by atoms with van der Waals surface area (Å²) in [5.74, 6) is 0.621. The van der Waals surface area contributed by atoms with Gasteiger partial charge in [0.2, 0.25) is 0 Å². The number of hydrogen-bond acceptors (Lipinski definition) is 4. The minimum absolute atomic E-state index is 0.132. The summed E-state index contributed by atoms with van der Waals surface area (Å²) in [5, 5.41) is 12.1. The molecule has 0 unspecified atom stereocenters. The molecule has 0 atom stereocenters. The van der Waals surface area contributed by atoms with E-state index < -0.39 is 5.97 Å². The lowest BCUT2D eigenvalue weighted by Gasteiger charge is -2.14. The van der Waals surface area contributed by atoms with Gasteiger partial charge in [0, 0.05) is 24.2 Å². The Bertz CT molecular complexity index is 670. The second-order valence-corrected chi connectivity index (χ2v) is 5.10. The summed E-state index contributed by atoms with van der Waals surface area (Å²) in [7, 11) is 3.23. The Labute approximate surface area is 135 Å². The predicted octanol–water partition coefficient (Wildman–Crippen LogP) is 3.33. The highest BCUT2D eigenvalue weighted by molar-refractivity contribution is 5.67. The summed E-state index contributed by atoms with van der Waals surface area (Å²) in [6.45, 7) is 0.586. The first-order valence-electron chi connectivity index (χ1n) is 7.38. The van der Waals surface area contributed by atoms with E-state index in [4.69, 9.17) is 14.6 Å². The number of benzene rings is 2. The van der Waals surface area contributed by atoms with Crippen LogP contribution in [0.2, 0.25) is 0 Å². The number of methoxy groups -OCH3 is 2. The molecular formula is C18H21NO4. The van der Waals surface area contributed by atoms with E-state index in [0.29, 0.717) is 24.5 Å². The van der Waals surface area contributed by atoms with E-state index in [-0.39, 0.29) is 6.42 Å². The van der Waals surface area contributed by atoms with Gasteiger partial charge in [-0.25, -0.2) is 0 Å². The van der Waals surface area contributed by atoms with Crippen molar-refractivity contribution in [3.05, 3.63) is 53.6 Å². The van der Waals surface area contributed by atoms with Gasteiger partial charge in [0.15, 0.2) is 11.5 Å². The number of anilines is 1. The first kappa shape index (κ1) is 16.7. The third kappa shape index (κ3) is 4.64. The summed E-state index contributed by atoms with van der Waals surface area (Å²) < 4.78 is 10.7. The molecule has 0 heterocycles. The van der Waals surface area contributed by atoms with Gasteiger partial charge >= 0.3 is 5.97 Å². The summed E-state index contributed by atoms with van der Waals surface area (Å²) in [6.07, 6.45) is 0.653. The molecular weight excluding hydrogens is 294 g/mol. The standard InChI is InChI=1S/C18H21NO4/c1-22-16-8-4-6-14(18(16)23-2)12-19-15-7-3-5-13(11-15)9-10-17(20)21/h3-8,11,19H,9-10,12H2,1-2H3,(H,20,21). The fraction of sp³-hybridized carbons (Fsp3) is 0.278. The fourth-order valence-corrected chi connectivity index (χ4v) is 2.38. The van der Waals surface area contributed by atoms with Crippen molar-refractivity contribution in [2.75, 3.05) is 19.5 Å². The van der Waals surface area contributed by atoms with Crippen molar-refractivity contribution >= 4 is 11.7 Å². The van der Waals surface area contributed by atoms with Gasteiger partial charge in [0.25, 0.3) is 0 Å². The van der Waals surface area contributed by atoms with Gasteiger partial charge in [0.1, 0.15) is 0 Å². The smallest absolute Gasteiger partial charge is 0.303 e. The van der Waals surface area contributed by atoms with Gasteiger partial charge in [-0.15, -0.1) is 0 Å². The molecule has 0 saturated heterocycles. The minimum Gasteiger partial charge on any atom is -0.493 e. The molecule has 2 aromatic rings. The third-order valence-corrected chi connectivity index (χ3v) is 3.52. The highest BCUT2D eigenvalue weighted by Gasteiger charge is 2.09. The van der Waals surface area contributed by atoms with Crippen LogP contribution < -0.4 is 14.8 Å². The van der Waals surface area contributed by atoms with Crippen molar-refractivity contribution in [3.8, 4) is 11.5 Å². The number of hydrogen-bond donors (Lipinski definition) is 2. The molecule has 0 aliphatic heterocycles. The molecule has 0 fully saturated rings. The minimum atomic E-state index is -0.788. The molecule has 0 aliphatic carbocycles. The Balaban J connectivity index is 2.06. The van der Waals surface area contributed by atoms with Gasteiger partial charge in [-0.3, -0.25) is 4.79 Å². The molecule has 2 N–H and O–H groups in total. The van der Waals surface area contributed by atoms with Crippen LogP contribution in [0.5, 0.6) is 11.5 Å². The number of carbonyl (C=O) groups is 1. The van der Waals surface area contributed by atoms with E-state index in [2.05, 4.69) is 5.32 Å². The van der Waals surface area contributed by atoms with Crippen LogP contribution in [0.1, 0.15) is 17.5 Å². The molecule has 5 heteroatoms. The van der Waals surface area contributed by atoms with Crippen LogP contribution in [0.3, 0.4) is 0 Å². The molecule has 5 nitrogen and oxygen atoms in total. The van der Waals surface area contributed by atoms with Crippen LogP contribution in [0.4, 0.5) is 5.69 Å². The first-order valence-corrected chi connectivity index (χ1v) is 7.38. The zero-order valence-electron chi connectivity index (χ0n) is 13.3. The molecule has 0 radical (unpaired) electrons. The van der Waals surface area contributed by atoms with Crippen LogP contribution in [0, 0.1) is 0 Å². The second kappa shape index (κ2) is 8.08. The van der Waals surface area contributed by atoms with Crippen molar-refractivity contribution in [3.63, 3.8) is 0 Å². The average molecular weight is 315 g/mol. The molecule has 0 saturated carbocycles. The van der Waals surface area contributed by atoms with Gasteiger partial charge in [0.05, 0.1) is 14.2 Å². The number of aliphatic carboxylic acids is 1. The van der Waals surface area contributed by atoms with Gasteiger partial charge in [-0.2, -0.15) is 0 Å². The SMILES string of the molecule is COc1cccc(CNc2cccc(CCC(=O)O)c2)c1OC. The molecule has 0 aliphatic rings. The van der Waals surface area contributed by atoms with Gasteiger partial charge < -0.3 is 19.9 Å². The van der Waals surface area contributed by atoms with Crippen LogP contribution in [0.15, 0.2) is 42.5 Å². The molecule has 0 spiro atoms. The van der Waals surface area contributed by atoms with E-state index in [0.717, 1.165) is 16.8 Å². The summed E-state index contributed by atoms with van der Waals surface area (Å²) in [4.78, 5) is 10.7. The maximum absolute atomic E-state index is 10.7. The van der Waals surface area contributed by atoms with Crippen LogP contribution in [-0.4, -0.2) is 25.3 Å². The molecule has 2 rings (SSSR count). The Morgan fingerprint density at radius 1 is 1.13 bits per heavy atom. The highest BCUT2D eigenvalue weighted by Crippen LogP contribution is 2.31. The van der Waals surface area contributed by atoms with Crippen molar-refractivity contribution < 1.29 is 19.4 Å². The Kier molecular flexibility index (Phi) is 5.86. The largest absolute Gasteiger partial charge is 0.493 e. The lowest BCUT2D eigenvalue weighted by atomic mass is 10.1. The van der Waals surface area contributed by atoms with Crippen molar-refractivity contribution in [2.24, 2.45) is 0 Å². The molecule has 23 heavy (non-hydrogen) atoms. The lowest BCUT2D eigenvalue weighted by Crippen LogP contribution is -2.03. The molecule has 0 amide bonds. The molecule has 0 bridgehead atoms. The maximum atomic E-state index is 10.7. The van der Waals surface area contributed by atoms with Crippen LogP contribution in [-0.2, 0) is 17.8 Å². The first-order chi connectivity index (χ1) is 11.1. The van der Waals surface area contributed by atoms with Crippen molar-refractivity contribution in [1.29, 1.82) is 0 Å². The number of aryl methyl sites for hydroxylation is 1. The fourth-order valence-electron chi connectivity index (χ4n) is 2.38. The number of carboxylic acids is 1. The topological polar surface area (TPSA) is 67.8 Å². The third-order valence-electron chi connectivity index (χ3n) is 3.52. The Morgan fingerprint density at radius 2 is 1.91 bits per heavy atom. The number of ether oxygens (including phenoxy) is 2. The van der Waals surface area contributed by atoms with Crippen LogP contribution in [0.25, 0.3) is 0 Å². The maximum Gasteiger partial charge on any atom is 0.303 e. The number of nitrogens with one attached hydrogen (secondary N) is 1. The Hall–Kier alpha value is -2.69. The second-order valence-electron chi connectivity index (χ2n) is 5.10. The van der Waals surface area contributed by atoms with Gasteiger partial charge in [-0.1, -0.05) is 24.3 Å². The van der Waals surface area contributed by atoms with Crippen molar-refractivity contribution in [2.45, 2.75) is 19.4 Å². The quantitative estimate of drug-likeness (QED) is 0.782. The van der Waals surface area contributed by atoms with Crippen molar-refractivity contribution in [1.82, 2.24) is 0 Å². The van der Waals surface area contributed by atoms with Gasteiger partial charge in [-0.05, 0) is 30.2 Å². The van der Waals surface area contributed by atoms with E-state index in [9.17, 15) is 4.79 Å². The number of para-hydroxylation sites is 1. The summed E-state index contributed by atoms with van der Waals surface area (Å²) in [6, 6.07) is 13.5. The number of rotatable bonds is 8. The molecule has 122 valence electrons. The Morgan fingerprint density at radius 3 is 2.61 bits per heavy atom. The normalized spacial score (nSPS) is 10.2. The van der Waals surface area contributed by atoms with E-state index in [1.165, 1.54) is 0 Å². The summed E-state index contributed by atoms with van der Waals surface area (Å²) >= 11 is 0. The lowest BCUT2D eigenvalue weighted by molar-refractivity contribution is -0.136. The van der Waals surface area contributed by atoms with E-state index in [1.54, 1.807) is 14.2 Å². The zero-order chi connectivity index (χ0) is 16.7. The van der Waals surface area contributed by atoms with Crippen LogP contribution >= 0.6 is 0 Å². The summed E-state index contributed by atoms with van der Waals surface area (Å²) in [5.41, 5.74) is 2.93. The van der Waals surface area contributed by atoms with E-state index in [1.807, 2.05) is 42.5 Å². The monoisotopic (exact) mass is 315 g/mol. The molecule has 2 aromatic carbocycles.